The number of hydrogen-bond donors (Lipinski definition) is 0. The van der Waals surface area contributed by atoms with E-state index in [0.29, 0.717) is 5.92 Å². The molecule has 1 aliphatic heterocycles. The number of benzene rings is 1. The SMILES string of the molecule is COC(=O)C1CCN(c2ccccc2C(C)C)CC1. The van der Waals surface area contributed by atoms with Crippen LogP contribution in [0.5, 0.6) is 0 Å². The topological polar surface area (TPSA) is 29.5 Å². The molecule has 0 bridgehead atoms. The van der Waals surface area contributed by atoms with E-state index in [0.717, 1.165) is 25.9 Å². The first-order valence-corrected chi connectivity index (χ1v) is 7.05. The van der Waals surface area contributed by atoms with Crippen LogP contribution in [0.3, 0.4) is 0 Å². The van der Waals surface area contributed by atoms with Crippen molar-refractivity contribution in [2.75, 3.05) is 25.1 Å². The van der Waals surface area contributed by atoms with Crippen molar-refractivity contribution in [1.82, 2.24) is 0 Å². The number of para-hydroxylation sites is 1. The standard InChI is InChI=1S/C16H23NO2/c1-12(2)14-6-4-5-7-15(14)17-10-8-13(9-11-17)16(18)19-3/h4-7,12-13H,8-11H2,1-3H3. The second-order valence-electron chi connectivity index (χ2n) is 5.50. The van der Waals surface area contributed by atoms with E-state index in [1.54, 1.807) is 0 Å². The predicted molar refractivity (Wildman–Crippen MR) is 77.5 cm³/mol. The van der Waals surface area contributed by atoms with E-state index in [1.807, 2.05) is 0 Å². The van der Waals surface area contributed by atoms with Crippen LogP contribution in [0, 0.1) is 5.92 Å². The maximum absolute atomic E-state index is 11.5. The summed E-state index contributed by atoms with van der Waals surface area (Å²) >= 11 is 0. The second-order valence-corrected chi connectivity index (χ2v) is 5.50. The molecule has 1 saturated heterocycles. The van der Waals surface area contributed by atoms with Gasteiger partial charge in [0.2, 0.25) is 0 Å². The molecule has 1 aliphatic rings. The summed E-state index contributed by atoms with van der Waals surface area (Å²) in [5.41, 5.74) is 2.71. The summed E-state index contributed by atoms with van der Waals surface area (Å²) in [5, 5.41) is 0. The molecule has 0 amide bonds. The third-order valence-electron chi connectivity index (χ3n) is 3.93. The van der Waals surface area contributed by atoms with Gasteiger partial charge in [0.15, 0.2) is 0 Å². The molecular formula is C16H23NO2. The number of piperidine rings is 1. The van der Waals surface area contributed by atoms with Gasteiger partial charge in [-0.2, -0.15) is 0 Å². The van der Waals surface area contributed by atoms with Crippen LogP contribution in [0.2, 0.25) is 0 Å². The highest BCUT2D eigenvalue weighted by Crippen LogP contribution is 2.30. The number of carbonyl (C=O) groups is 1. The van der Waals surface area contributed by atoms with Crippen LogP contribution >= 0.6 is 0 Å². The van der Waals surface area contributed by atoms with Gasteiger partial charge in [0.05, 0.1) is 13.0 Å². The molecule has 3 nitrogen and oxygen atoms in total. The van der Waals surface area contributed by atoms with Crippen molar-refractivity contribution in [1.29, 1.82) is 0 Å². The molecule has 0 N–H and O–H groups in total. The minimum absolute atomic E-state index is 0.0585. The highest BCUT2D eigenvalue weighted by atomic mass is 16.5. The molecule has 0 unspecified atom stereocenters. The van der Waals surface area contributed by atoms with Gasteiger partial charge in [-0.25, -0.2) is 0 Å². The minimum atomic E-state index is -0.0585. The van der Waals surface area contributed by atoms with Gasteiger partial charge in [-0.05, 0) is 30.4 Å². The first-order chi connectivity index (χ1) is 9.13. The first kappa shape index (κ1) is 13.9. The van der Waals surface area contributed by atoms with E-state index < -0.39 is 0 Å². The van der Waals surface area contributed by atoms with Gasteiger partial charge in [0, 0.05) is 18.8 Å². The van der Waals surface area contributed by atoms with Crippen LogP contribution in [0.4, 0.5) is 5.69 Å². The van der Waals surface area contributed by atoms with Crippen LogP contribution in [0.15, 0.2) is 24.3 Å². The molecule has 104 valence electrons. The molecule has 1 heterocycles. The number of carbonyl (C=O) groups excluding carboxylic acids is 1. The van der Waals surface area contributed by atoms with Crippen LogP contribution in [0.1, 0.15) is 38.2 Å². The van der Waals surface area contributed by atoms with Crippen molar-refractivity contribution < 1.29 is 9.53 Å². The van der Waals surface area contributed by atoms with E-state index in [9.17, 15) is 4.79 Å². The van der Waals surface area contributed by atoms with E-state index in [4.69, 9.17) is 4.74 Å². The Hall–Kier alpha value is -1.51. The number of ether oxygens (including phenoxy) is 1. The van der Waals surface area contributed by atoms with E-state index in [-0.39, 0.29) is 11.9 Å². The van der Waals surface area contributed by atoms with Gasteiger partial charge in [0.1, 0.15) is 0 Å². The Morgan fingerprint density at radius 3 is 2.47 bits per heavy atom. The first-order valence-electron chi connectivity index (χ1n) is 7.05. The number of hydrogen-bond acceptors (Lipinski definition) is 3. The summed E-state index contributed by atoms with van der Waals surface area (Å²) in [6.45, 7) is 6.31. The summed E-state index contributed by atoms with van der Waals surface area (Å²) in [5.74, 6) is 0.541. The zero-order valence-corrected chi connectivity index (χ0v) is 12.1. The van der Waals surface area contributed by atoms with Crippen molar-refractivity contribution in [3.63, 3.8) is 0 Å². The lowest BCUT2D eigenvalue weighted by Gasteiger charge is -2.34. The van der Waals surface area contributed by atoms with E-state index in [2.05, 4.69) is 43.0 Å². The average molecular weight is 261 g/mol. The van der Waals surface area contributed by atoms with Crippen molar-refractivity contribution in [3.05, 3.63) is 29.8 Å². The lowest BCUT2D eigenvalue weighted by molar-refractivity contribution is -0.146. The number of nitrogens with zero attached hydrogens (tertiary/aromatic N) is 1. The maximum Gasteiger partial charge on any atom is 0.308 e. The average Bonchev–Trinajstić information content (AvgIpc) is 2.46. The molecule has 1 aromatic rings. The molecule has 3 heteroatoms. The second kappa shape index (κ2) is 6.09. The summed E-state index contributed by atoms with van der Waals surface area (Å²) in [6, 6.07) is 8.58. The fraction of sp³-hybridized carbons (Fsp3) is 0.562. The molecule has 0 saturated carbocycles. The monoisotopic (exact) mass is 261 g/mol. The van der Waals surface area contributed by atoms with Crippen LogP contribution in [-0.4, -0.2) is 26.2 Å². The molecule has 0 radical (unpaired) electrons. The minimum Gasteiger partial charge on any atom is -0.469 e. The predicted octanol–water partition coefficient (Wildman–Crippen LogP) is 3.20. The van der Waals surface area contributed by atoms with Crippen LogP contribution < -0.4 is 4.90 Å². The molecule has 0 spiro atoms. The Kier molecular flexibility index (Phi) is 4.46. The molecule has 2 rings (SSSR count). The highest BCUT2D eigenvalue weighted by molar-refractivity contribution is 5.72. The zero-order valence-electron chi connectivity index (χ0n) is 12.1. The summed E-state index contributed by atoms with van der Waals surface area (Å²) in [7, 11) is 1.47. The van der Waals surface area contributed by atoms with Gasteiger partial charge in [0.25, 0.3) is 0 Å². The lowest BCUT2D eigenvalue weighted by Crippen LogP contribution is -2.37. The maximum atomic E-state index is 11.5. The normalized spacial score (nSPS) is 16.7. The summed E-state index contributed by atoms with van der Waals surface area (Å²) in [4.78, 5) is 13.9. The van der Waals surface area contributed by atoms with Gasteiger partial charge >= 0.3 is 5.97 Å². The van der Waals surface area contributed by atoms with Crippen molar-refractivity contribution in [2.45, 2.75) is 32.6 Å². The van der Waals surface area contributed by atoms with Crippen molar-refractivity contribution in [3.8, 4) is 0 Å². The zero-order chi connectivity index (χ0) is 13.8. The third-order valence-corrected chi connectivity index (χ3v) is 3.93. The molecular weight excluding hydrogens is 238 g/mol. The quantitative estimate of drug-likeness (QED) is 0.783. The lowest BCUT2D eigenvalue weighted by atomic mass is 9.94. The molecule has 19 heavy (non-hydrogen) atoms. The van der Waals surface area contributed by atoms with Gasteiger partial charge in [-0.3, -0.25) is 4.79 Å². The molecule has 0 atom stereocenters. The summed E-state index contributed by atoms with van der Waals surface area (Å²) in [6.07, 6.45) is 1.78. The Balaban J connectivity index is 2.08. The highest BCUT2D eigenvalue weighted by Gasteiger charge is 2.26. The van der Waals surface area contributed by atoms with Gasteiger partial charge in [-0.15, -0.1) is 0 Å². The van der Waals surface area contributed by atoms with Gasteiger partial charge < -0.3 is 9.64 Å². The number of esters is 1. The smallest absolute Gasteiger partial charge is 0.308 e. The fourth-order valence-corrected chi connectivity index (χ4v) is 2.79. The summed E-state index contributed by atoms with van der Waals surface area (Å²) < 4.78 is 4.84. The molecule has 1 aromatic carbocycles. The third kappa shape index (κ3) is 3.09. The van der Waals surface area contributed by atoms with Crippen molar-refractivity contribution in [2.24, 2.45) is 5.92 Å². The Morgan fingerprint density at radius 1 is 1.26 bits per heavy atom. The number of anilines is 1. The fourth-order valence-electron chi connectivity index (χ4n) is 2.79. The largest absolute Gasteiger partial charge is 0.469 e. The van der Waals surface area contributed by atoms with Gasteiger partial charge in [-0.1, -0.05) is 32.0 Å². The number of methoxy groups -OCH3 is 1. The molecule has 0 aromatic heterocycles. The molecule has 1 fully saturated rings. The molecule has 0 aliphatic carbocycles. The Bertz CT molecular complexity index is 434. The van der Waals surface area contributed by atoms with E-state index >= 15 is 0 Å². The van der Waals surface area contributed by atoms with Crippen molar-refractivity contribution >= 4 is 11.7 Å². The Morgan fingerprint density at radius 2 is 1.89 bits per heavy atom. The Labute approximate surface area is 115 Å². The van der Waals surface area contributed by atoms with Crippen LogP contribution in [0.25, 0.3) is 0 Å². The van der Waals surface area contributed by atoms with E-state index in [1.165, 1.54) is 18.4 Å². The van der Waals surface area contributed by atoms with Crippen LogP contribution in [-0.2, 0) is 9.53 Å². The number of rotatable bonds is 3.